The fraction of sp³-hybridized carbons (Fsp3) is 0.278. The summed E-state index contributed by atoms with van der Waals surface area (Å²) in [6, 6.07) is 12.2. The highest BCUT2D eigenvalue weighted by Crippen LogP contribution is 2.25. The van der Waals surface area contributed by atoms with Crippen molar-refractivity contribution >= 4 is 23.4 Å². The molecule has 0 bridgehead atoms. The van der Waals surface area contributed by atoms with Gasteiger partial charge in [-0.25, -0.2) is 4.39 Å². The Morgan fingerprint density at radius 2 is 1.92 bits per heavy atom. The normalized spacial score (nSPS) is 17.1. The van der Waals surface area contributed by atoms with Gasteiger partial charge in [0.15, 0.2) is 0 Å². The van der Waals surface area contributed by atoms with Gasteiger partial charge in [0.2, 0.25) is 5.91 Å². The summed E-state index contributed by atoms with van der Waals surface area (Å²) in [4.78, 5) is 25.2. The van der Waals surface area contributed by atoms with E-state index in [4.69, 9.17) is 4.74 Å². The second kappa shape index (κ2) is 8.29. The molecule has 1 atom stereocenters. The molecule has 1 amide bonds. The van der Waals surface area contributed by atoms with Crippen LogP contribution in [-0.2, 0) is 9.53 Å². The highest BCUT2D eigenvalue weighted by Gasteiger charge is 2.25. The number of hydrogen-bond acceptors (Lipinski definition) is 5. The third-order valence-electron chi connectivity index (χ3n) is 4.07. The molecule has 1 fully saturated rings. The van der Waals surface area contributed by atoms with Crippen molar-refractivity contribution in [2.45, 2.75) is 11.0 Å². The Morgan fingerprint density at radius 3 is 2.58 bits per heavy atom. The van der Waals surface area contributed by atoms with Crippen molar-refractivity contribution in [1.29, 1.82) is 0 Å². The summed E-state index contributed by atoms with van der Waals surface area (Å²) in [5.41, 5.74) is 0.864. The van der Waals surface area contributed by atoms with Crippen molar-refractivity contribution in [3.05, 3.63) is 70.0 Å². The zero-order valence-corrected chi connectivity index (χ0v) is 14.7. The van der Waals surface area contributed by atoms with E-state index in [0.717, 1.165) is 10.5 Å². The number of benzene rings is 2. The van der Waals surface area contributed by atoms with Crippen LogP contribution < -0.4 is 0 Å². The molecule has 6 nitrogen and oxygen atoms in total. The molecular weight excluding hydrogens is 359 g/mol. The number of thioether (sulfide) groups is 1. The number of hydrogen-bond donors (Lipinski definition) is 0. The molecule has 0 spiro atoms. The molecule has 1 saturated heterocycles. The third-order valence-corrected chi connectivity index (χ3v) is 5.07. The van der Waals surface area contributed by atoms with E-state index in [1.165, 1.54) is 36.0 Å². The van der Waals surface area contributed by atoms with Crippen LogP contribution in [0.3, 0.4) is 0 Å². The summed E-state index contributed by atoms with van der Waals surface area (Å²) >= 11 is 1.34. The number of amides is 1. The fourth-order valence-corrected chi connectivity index (χ4v) is 3.46. The van der Waals surface area contributed by atoms with E-state index >= 15 is 0 Å². The van der Waals surface area contributed by atoms with Crippen LogP contribution in [0.1, 0.15) is 11.7 Å². The average molecular weight is 376 g/mol. The minimum atomic E-state index is -0.455. The Bertz CT molecular complexity index is 783. The summed E-state index contributed by atoms with van der Waals surface area (Å²) < 4.78 is 18.7. The van der Waals surface area contributed by atoms with E-state index in [-0.39, 0.29) is 29.3 Å². The highest BCUT2D eigenvalue weighted by molar-refractivity contribution is 8.00. The maximum absolute atomic E-state index is 13.0. The van der Waals surface area contributed by atoms with Gasteiger partial charge in [-0.05, 0) is 29.8 Å². The van der Waals surface area contributed by atoms with Gasteiger partial charge in [0.1, 0.15) is 11.9 Å². The molecule has 3 rings (SSSR count). The maximum atomic E-state index is 13.0. The first kappa shape index (κ1) is 18.3. The van der Waals surface area contributed by atoms with Gasteiger partial charge in [-0.1, -0.05) is 12.1 Å². The maximum Gasteiger partial charge on any atom is 0.269 e. The molecule has 136 valence electrons. The number of carbonyl (C=O) groups excluding carboxylic acids is 1. The first-order valence-corrected chi connectivity index (χ1v) is 9.03. The molecular formula is C18H17FN2O4S. The van der Waals surface area contributed by atoms with Gasteiger partial charge >= 0.3 is 0 Å². The van der Waals surface area contributed by atoms with E-state index < -0.39 is 4.92 Å². The number of morpholine rings is 1. The van der Waals surface area contributed by atoms with E-state index in [1.807, 2.05) is 0 Å². The molecule has 1 heterocycles. The largest absolute Gasteiger partial charge is 0.370 e. The number of halogens is 1. The van der Waals surface area contributed by atoms with Crippen LogP contribution in [0.15, 0.2) is 53.4 Å². The second-order valence-corrected chi connectivity index (χ2v) is 6.84. The van der Waals surface area contributed by atoms with E-state index in [0.29, 0.717) is 19.7 Å². The third kappa shape index (κ3) is 4.59. The van der Waals surface area contributed by atoms with E-state index in [2.05, 4.69) is 0 Å². The summed E-state index contributed by atoms with van der Waals surface area (Å²) in [5, 5.41) is 10.7. The molecule has 1 aliphatic rings. The predicted molar refractivity (Wildman–Crippen MR) is 95.5 cm³/mol. The topological polar surface area (TPSA) is 72.7 Å². The number of ether oxygens (including phenoxy) is 1. The molecule has 26 heavy (non-hydrogen) atoms. The lowest BCUT2D eigenvalue weighted by atomic mass is 10.1. The SMILES string of the molecule is O=C(CSc1ccc([N+](=O)[O-])cc1)N1CCOC(c2ccc(F)cc2)C1. The summed E-state index contributed by atoms with van der Waals surface area (Å²) in [6.07, 6.45) is -0.266. The monoisotopic (exact) mass is 376 g/mol. The number of nitro benzene ring substituents is 1. The van der Waals surface area contributed by atoms with Crippen LogP contribution in [0.4, 0.5) is 10.1 Å². The summed E-state index contributed by atoms with van der Waals surface area (Å²) in [6.45, 7) is 1.36. The molecule has 0 aromatic heterocycles. The van der Waals surface area contributed by atoms with Gasteiger partial charge in [0.05, 0.1) is 23.8 Å². The zero-order chi connectivity index (χ0) is 18.5. The minimum Gasteiger partial charge on any atom is -0.370 e. The molecule has 0 N–H and O–H groups in total. The van der Waals surface area contributed by atoms with Crippen molar-refractivity contribution < 1.29 is 18.8 Å². The average Bonchev–Trinajstić information content (AvgIpc) is 2.67. The quantitative estimate of drug-likeness (QED) is 0.454. The Morgan fingerprint density at radius 1 is 1.23 bits per heavy atom. The lowest BCUT2D eigenvalue weighted by molar-refractivity contribution is -0.384. The molecule has 0 aliphatic carbocycles. The van der Waals surface area contributed by atoms with Crippen LogP contribution in [0.2, 0.25) is 0 Å². The minimum absolute atomic E-state index is 0.0241. The molecule has 2 aromatic carbocycles. The number of rotatable bonds is 5. The first-order chi connectivity index (χ1) is 12.5. The first-order valence-electron chi connectivity index (χ1n) is 8.05. The van der Waals surface area contributed by atoms with Crippen LogP contribution in [0.5, 0.6) is 0 Å². The Hall–Kier alpha value is -2.45. The number of nitro groups is 1. The Balaban J connectivity index is 1.55. The second-order valence-electron chi connectivity index (χ2n) is 5.79. The zero-order valence-electron chi connectivity index (χ0n) is 13.8. The van der Waals surface area contributed by atoms with Gasteiger partial charge < -0.3 is 9.64 Å². The molecule has 1 unspecified atom stereocenters. The Kier molecular flexibility index (Phi) is 5.85. The van der Waals surface area contributed by atoms with E-state index in [9.17, 15) is 19.3 Å². The molecule has 2 aromatic rings. The van der Waals surface area contributed by atoms with Crippen LogP contribution >= 0.6 is 11.8 Å². The van der Waals surface area contributed by atoms with Gasteiger partial charge in [-0.15, -0.1) is 11.8 Å². The standard InChI is InChI=1S/C18H17FN2O4S/c19-14-3-1-13(2-4-14)17-11-20(9-10-25-17)18(22)12-26-16-7-5-15(6-8-16)21(23)24/h1-8,17H,9-12H2. The molecule has 1 aliphatic heterocycles. The van der Waals surface area contributed by atoms with Gasteiger partial charge in [0.25, 0.3) is 5.69 Å². The smallest absolute Gasteiger partial charge is 0.269 e. The fourth-order valence-electron chi connectivity index (χ4n) is 2.66. The summed E-state index contributed by atoms with van der Waals surface area (Å²) in [5.74, 6) is -0.0886. The number of carbonyl (C=O) groups is 1. The highest BCUT2D eigenvalue weighted by atomic mass is 32.2. The van der Waals surface area contributed by atoms with Crippen molar-refractivity contribution in [3.63, 3.8) is 0 Å². The number of non-ortho nitro benzene ring substituents is 1. The van der Waals surface area contributed by atoms with Gasteiger partial charge in [0, 0.05) is 23.6 Å². The van der Waals surface area contributed by atoms with Crippen molar-refractivity contribution in [2.75, 3.05) is 25.4 Å². The van der Waals surface area contributed by atoms with Crippen LogP contribution in [0, 0.1) is 15.9 Å². The van der Waals surface area contributed by atoms with Crippen molar-refractivity contribution in [3.8, 4) is 0 Å². The van der Waals surface area contributed by atoms with Crippen molar-refractivity contribution in [1.82, 2.24) is 4.90 Å². The molecule has 0 saturated carbocycles. The van der Waals surface area contributed by atoms with E-state index in [1.54, 1.807) is 29.2 Å². The lowest BCUT2D eigenvalue weighted by Crippen LogP contribution is -2.43. The van der Waals surface area contributed by atoms with Crippen molar-refractivity contribution in [2.24, 2.45) is 0 Å². The number of nitrogens with zero attached hydrogens (tertiary/aromatic N) is 2. The van der Waals surface area contributed by atoms with Gasteiger partial charge in [-0.3, -0.25) is 14.9 Å². The van der Waals surface area contributed by atoms with Gasteiger partial charge in [-0.2, -0.15) is 0 Å². The lowest BCUT2D eigenvalue weighted by Gasteiger charge is -2.33. The Labute approximate surface area is 154 Å². The van der Waals surface area contributed by atoms with Crippen LogP contribution in [0.25, 0.3) is 0 Å². The summed E-state index contributed by atoms with van der Waals surface area (Å²) in [7, 11) is 0. The predicted octanol–water partition coefficient (Wildman–Crippen LogP) is 3.43. The molecule has 0 radical (unpaired) electrons. The van der Waals surface area contributed by atoms with Crippen LogP contribution in [-0.4, -0.2) is 41.2 Å². The molecule has 8 heteroatoms.